The van der Waals surface area contributed by atoms with Gasteiger partial charge in [-0.25, -0.2) is 0 Å². The summed E-state index contributed by atoms with van der Waals surface area (Å²) in [6.07, 6.45) is 0. The van der Waals surface area contributed by atoms with Gasteiger partial charge in [-0.1, -0.05) is 36.4 Å². The highest BCUT2D eigenvalue weighted by Crippen LogP contribution is 2.21. The number of methoxy groups -OCH3 is 2. The van der Waals surface area contributed by atoms with E-state index in [0.717, 1.165) is 22.6 Å². The predicted octanol–water partition coefficient (Wildman–Crippen LogP) is 4.84. The zero-order chi connectivity index (χ0) is 19.9. The molecule has 0 radical (unpaired) electrons. The predicted molar refractivity (Wildman–Crippen MR) is 113 cm³/mol. The van der Waals surface area contributed by atoms with Crippen molar-refractivity contribution in [2.24, 2.45) is 0 Å². The van der Waals surface area contributed by atoms with Crippen LogP contribution in [0.5, 0.6) is 11.5 Å². The largest absolute Gasteiger partial charge is 0.497 e. The molecule has 0 aromatic heterocycles. The number of carbonyl (C=O) groups excluding carboxylic acids is 1. The molecule has 5 heteroatoms. The Morgan fingerprint density at radius 2 is 1.25 bits per heavy atom. The van der Waals surface area contributed by atoms with Crippen molar-refractivity contribution in [3.05, 3.63) is 89.5 Å². The van der Waals surface area contributed by atoms with Crippen LogP contribution < -0.4 is 9.47 Å². The van der Waals surface area contributed by atoms with E-state index in [1.54, 1.807) is 20.3 Å². The molecule has 0 N–H and O–H groups in total. The fraction of sp³-hybridized carbons (Fsp3) is 0.174. The molecule has 3 rings (SSSR count). The monoisotopic (exact) mass is 393 g/mol. The number of hydrogen-bond acceptors (Lipinski definition) is 4. The second-order valence-electron chi connectivity index (χ2n) is 6.37. The van der Waals surface area contributed by atoms with E-state index < -0.39 is 0 Å². The first-order valence-corrected chi connectivity index (χ1v) is 9.38. The summed E-state index contributed by atoms with van der Waals surface area (Å²) in [6, 6.07) is 22.8. The fourth-order valence-electron chi connectivity index (χ4n) is 2.93. The zero-order valence-corrected chi connectivity index (χ0v) is 16.9. The molecule has 0 aliphatic carbocycles. The second-order valence-corrected chi connectivity index (χ2v) is 6.86. The average Bonchev–Trinajstić information content (AvgIpc) is 2.74. The van der Waals surface area contributed by atoms with E-state index in [9.17, 15) is 4.79 Å². The van der Waals surface area contributed by atoms with Gasteiger partial charge in [-0.05, 0) is 47.5 Å². The third kappa shape index (κ3) is 4.87. The SMILES string of the molecule is COc1ccc(CN(Cc2ccc(OC)cc2)C(=O)c2ccccc2S)cc1. The molecule has 144 valence electrons. The Labute approximate surface area is 171 Å². The molecule has 0 aliphatic heterocycles. The highest BCUT2D eigenvalue weighted by molar-refractivity contribution is 7.80. The maximum absolute atomic E-state index is 13.2. The van der Waals surface area contributed by atoms with E-state index in [2.05, 4.69) is 12.6 Å². The topological polar surface area (TPSA) is 38.8 Å². The number of benzene rings is 3. The third-order valence-corrected chi connectivity index (χ3v) is 4.88. The summed E-state index contributed by atoms with van der Waals surface area (Å²) in [5.41, 5.74) is 2.64. The molecule has 28 heavy (non-hydrogen) atoms. The van der Waals surface area contributed by atoms with Crippen molar-refractivity contribution in [1.29, 1.82) is 0 Å². The van der Waals surface area contributed by atoms with Crippen LogP contribution >= 0.6 is 12.6 Å². The first-order valence-electron chi connectivity index (χ1n) is 8.94. The Morgan fingerprint density at radius 3 is 1.68 bits per heavy atom. The van der Waals surface area contributed by atoms with E-state index in [4.69, 9.17) is 9.47 Å². The van der Waals surface area contributed by atoms with Gasteiger partial charge in [0.1, 0.15) is 11.5 Å². The molecule has 0 spiro atoms. The summed E-state index contributed by atoms with van der Waals surface area (Å²) < 4.78 is 10.4. The lowest BCUT2D eigenvalue weighted by Gasteiger charge is -2.24. The Bertz CT molecular complexity index is 874. The van der Waals surface area contributed by atoms with Gasteiger partial charge in [-0.2, -0.15) is 0 Å². The summed E-state index contributed by atoms with van der Waals surface area (Å²) in [7, 11) is 3.27. The van der Waals surface area contributed by atoms with Crippen molar-refractivity contribution >= 4 is 18.5 Å². The molecule has 0 heterocycles. The minimum atomic E-state index is -0.0581. The molecule has 0 bridgehead atoms. The smallest absolute Gasteiger partial charge is 0.255 e. The lowest BCUT2D eigenvalue weighted by Crippen LogP contribution is -2.30. The van der Waals surface area contributed by atoms with Gasteiger partial charge in [-0.15, -0.1) is 12.6 Å². The standard InChI is InChI=1S/C23H23NO3S/c1-26-19-11-7-17(8-12-19)15-24(16-18-9-13-20(27-2)14-10-18)23(25)21-5-3-4-6-22(21)28/h3-14,28H,15-16H2,1-2H3. The van der Waals surface area contributed by atoms with Crippen LogP contribution in [0.15, 0.2) is 77.7 Å². The van der Waals surface area contributed by atoms with Crippen LogP contribution in [-0.4, -0.2) is 25.0 Å². The highest BCUT2D eigenvalue weighted by atomic mass is 32.1. The first-order chi connectivity index (χ1) is 13.6. The molecule has 3 aromatic rings. The van der Waals surface area contributed by atoms with Crippen molar-refractivity contribution in [2.75, 3.05) is 14.2 Å². The first kappa shape index (κ1) is 19.8. The lowest BCUT2D eigenvalue weighted by molar-refractivity contribution is 0.0726. The Kier molecular flexibility index (Phi) is 6.61. The average molecular weight is 394 g/mol. The number of amides is 1. The molecule has 0 saturated heterocycles. The summed E-state index contributed by atoms with van der Waals surface area (Å²) >= 11 is 4.46. The molecule has 1 amide bonds. The summed E-state index contributed by atoms with van der Waals surface area (Å²) in [5, 5.41) is 0. The van der Waals surface area contributed by atoms with Gasteiger partial charge in [0.25, 0.3) is 5.91 Å². The molecule has 0 aliphatic rings. The fourth-order valence-corrected chi connectivity index (χ4v) is 3.18. The van der Waals surface area contributed by atoms with Crippen molar-refractivity contribution in [2.45, 2.75) is 18.0 Å². The molecular weight excluding hydrogens is 370 g/mol. The minimum absolute atomic E-state index is 0.0581. The molecule has 4 nitrogen and oxygen atoms in total. The number of hydrogen-bond donors (Lipinski definition) is 1. The molecule has 0 atom stereocenters. The molecule has 0 saturated carbocycles. The molecule has 0 fully saturated rings. The lowest BCUT2D eigenvalue weighted by atomic mass is 10.1. The minimum Gasteiger partial charge on any atom is -0.497 e. The van der Waals surface area contributed by atoms with Crippen LogP contribution in [0.25, 0.3) is 0 Å². The summed E-state index contributed by atoms with van der Waals surface area (Å²) in [6.45, 7) is 0.966. The van der Waals surface area contributed by atoms with Gasteiger partial charge in [-0.3, -0.25) is 4.79 Å². The normalized spacial score (nSPS) is 10.4. The summed E-state index contributed by atoms with van der Waals surface area (Å²) in [4.78, 5) is 15.7. The van der Waals surface area contributed by atoms with E-state index in [1.165, 1.54) is 0 Å². The second kappa shape index (κ2) is 9.33. The van der Waals surface area contributed by atoms with Gasteiger partial charge < -0.3 is 14.4 Å². The van der Waals surface area contributed by atoms with Gasteiger partial charge in [0.05, 0.1) is 19.8 Å². The van der Waals surface area contributed by atoms with Crippen molar-refractivity contribution in [3.8, 4) is 11.5 Å². The Balaban J connectivity index is 1.87. The number of ether oxygens (including phenoxy) is 2. The van der Waals surface area contributed by atoms with E-state index >= 15 is 0 Å². The molecule has 3 aromatic carbocycles. The Morgan fingerprint density at radius 1 is 0.786 bits per heavy atom. The highest BCUT2D eigenvalue weighted by Gasteiger charge is 2.19. The number of nitrogens with zero attached hydrogens (tertiary/aromatic N) is 1. The van der Waals surface area contributed by atoms with Gasteiger partial charge in [0, 0.05) is 18.0 Å². The quantitative estimate of drug-likeness (QED) is 0.584. The molecule has 0 unspecified atom stereocenters. The van der Waals surface area contributed by atoms with E-state index in [-0.39, 0.29) is 5.91 Å². The van der Waals surface area contributed by atoms with Crippen molar-refractivity contribution in [3.63, 3.8) is 0 Å². The van der Waals surface area contributed by atoms with Gasteiger partial charge in [0.2, 0.25) is 0 Å². The maximum Gasteiger partial charge on any atom is 0.255 e. The van der Waals surface area contributed by atoms with E-state index in [0.29, 0.717) is 23.5 Å². The van der Waals surface area contributed by atoms with Crippen LogP contribution in [0.2, 0.25) is 0 Å². The van der Waals surface area contributed by atoms with Crippen LogP contribution in [0.4, 0.5) is 0 Å². The number of carbonyl (C=O) groups is 1. The van der Waals surface area contributed by atoms with Gasteiger partial charge >= 0.3 is 0 Å². The van der Waals surface area contributed by atoms with E-state index in [1.807, 2.05) is 71.6 Å². The number of rotatable bonds is 7. The maximum atomic E-state index is 13.2. The van der Waals surface area contributed by atoms with Gasteiger partial charge in [0.15, 0.2) is 0 Å². The summed E-state index contributed by atoms with van der Waals surface area (Å²) in [5.74, 6) is 1.52. The van der Waals surface area contributed by atoms with Crippen LogP contribution in [-0.2, 0) is 13.1 Å². The zero-order valence-electron chi connectivity index (χ0n) is 16.0. The van der Waals surface area contributed by atoms with Crippen molar-refractivity contribution in [1.82, 2.24) is 4.90 Å². The Hall–Kier alpha value is -2.92. The van der Waals surface area contributed by atoms with Crippen LogP contribution in [0, 0.1) is 0 Å². The van der Waals surface area contributed by atoms with Crippen molar-refractivity contribution < 1.29 is 14.3 Å². The number of thiol groups is 1. The third-order valence-electron chi connectivity index (χ3n) is 4.49. The van der Waals surface area contributed by atoms with Crippen LogP contribution in [0.3, 0.4) is 0 Å². The van der Waals surface area contributed by atoms with Crippen LogP contribution in [0.1, 0.15) is 21.5 Å². The molecular formula is C23H23NO3S.